The molecule has 6 heteroatoms. The van der Waals surface area contributed by atoms with Crippen LogP contribution in [-0.4, -0.2) is 39.3 Å². The van der Waals surface area contributed by atoms with Gasteiger partial charge in [0, 0.05) is 24.4 Å². The van der Waals surface area contributed by atoms with Crippen LogP contribution >= 0.6 is 11.3 Å². The van der Waals surface area contributed by atoms with Crippen molar-refractivity contribution >= 4 is 17.4 Å². The summed E-state index contributed by atoms with van der Waals surface area (Å²) in [5.74, 6) is 0. The molecule has 1 aliphatic heterocycles. The fourth-order valence-corrected chi connectivity index (χ4v) is 3.84. The van der Waals surface area contributed by atoms with Crippen LogP contribution in [0.1, 0.15) is 45.0 Å². The molecule has 0 bridgehead atoms. The van der Waals surface area contributed by atoms with Crippen LogP contribution in [0.2, 0.25) is 0 Å². The molecular weight excluding hydrogens is 276 g/mol. The van der Waals surface area contributed by atoms with Gasteiger partial charge in [-0.3, -0.25) is 4.48 Å². The number of carboxylic acid groups (broad SMARTS) is 1. The highest BCUT2D eigenvalue weighted by Crippen LogP contribution is 2.38. The summed E-state index contributed by atoms with van der Waals surface area (Å²) in [4.78, 5) is 15.9. The van der Waals surface area contributed by atoms with Gasteiger partial charge in [0.25, 0.3) is 6.09 Å². The molecule has 1 aliphatic rings. The maximum absolute atomic E-state index is 11.7. The minimum Gasteiger partial charge on any atom is -0.498 e. The number of quaternary nitrogens is 1. The van der Waals surface area contributed by atoms with Crippen LogP contribution in [0.3, 0.4) is 0 Å². The number of carbonyl (C=O) groups is 1. The molecule has 1 saturated heterocycles. The van der Waals surface area contributed by atoms with Gasteiger partial charge in [0.05, 0.1) is 18.6 Å². The third-order valence-electron chi connectivity index (χ3n) is 4.50. The highest BCUT2D eigenvalue weighted by Gasteiger charge is 2.47. The van der Waals surface area contributed by atoms with E-state index in [9.17, 15) is 15.0 Å². The first-order valence-electron chi connectivity index (χ1n) is 6.92. The molecule has 1 aromatic rings. The number of hydrogen-bond donors (Lipinski definition) is 1. The first-order chi connectivity index (χ1) is 9.21. The summed E-state index contributed by atoms with van der Waals surface area (Å²) in [6, 6.07) is 0. The maximum Gasteiger partial charge on any atom is 0.257 e. The van der Waals surface area contributed by atoms with E-state index in [0.717, 1.165) is 0 Å². The second kappa shape index (κ2) is 5.09. The highest BCUT2D eigenvalue weighted by molar-refractivity contribution is 7.09. The average molecular weight is 298 g/mol. The second-order valence-corrected chi connectivity index (χ2v) is 7.47. The highest BCUT2D eigenvalue weighted by atomic mass is 32.1. The molecule has 0 aromatic carbocycles. The third kappa shape index (κ3) is 2.47. The maximum atomic E-state index is 11.7. The number of aromatic nitrogens is 1. The molecule has 0 saturated carbocycles. The molecule has 20 heavy (non-hydrogen) atoms. The van der Waals surface area contributed by atoms with Gasteiger partial charge in [-0.25, -0.2) is 4.98 Å². The van der Waals surface area contributed by atoms with Gasteiger partial charge in [-0.1, -0.05) is 0 Å². The van der Waals surface area contributed by atoms with E-state index >= 15 is 0 Å². The van der Waals surface area contributed by atoms with Crippen LogP contribution in [0.5, 0.6) is 0 Å². The fourth-order valence-electron chi connectivity index (χ4n) is 3.05. The van der Waals surface area contributed by atoms with E-state index in [4.69, 9.17) is 0 Å². The molecule has 2 rings (SSSR count). The molecule has 1 aromatic heterocycles. The summed E-state index contributed by atoms with van der Waals surface area (Å²) in [6.45, 7) is 6.59. The van der Waals surface area contributed by atoms with Gasteiger partial charge in [-0.15, -0.1) is 11.3 Å². The van der Waals surface area contributed by atoms with E-state index in [0.29, 0.717) is 37.4 Å². The number of carbonyl (C=O) groups excluding carboxylic acids is 1. The molecule has 1 unspecified atom stereocenters. The van der Waals surface area contributed by atoms with Gasteiger partial charge >= 0.3 is 0 Å². The summed E-state index contributed by atoms with van der Waals surface area (Å²) in [6.07, 6.45) is 2.20. The average Bonchev–Trinajstić information content (AvgIpc) is 2.79. The van der Waals surface area contributed by atoms with Crippen molar-refractivity contribution in [2.45, 2.75) is 51.2 Å². The van der Waals surface area contributed by atoms with Crippen LogP contribution in [0, 0.1) is 0 Å². The van der Waals surface area contributed by atoms with Gasteiger partial charge in [-0.05, 0) is 27.2 Å². The lowest BCUT2D eigenvalue weighted by Gasteiger charge is -2.47. The lowest BCUT2D eigenvalue weighted by molar-refractivity contribution is -0.919. The van der Waals surface area contributed by atoms with Crippen molar-refractivity contribution in [2.24, 2.45) is 0 Å². The van der Waals surface area contributed by atoms with E-state index < -0.39 is 17.2 Å². The van der Waals surface area contributed by atoms with E-state index in [-0.39, 0.29) is 4.48 Å². The summed E-state index contributed by atoms with van der Waals surface area (Å²) in [5.41, 5.74) is -1.46. The van der Waals surface area contributed by atoms with Crippen molar-refractivity contribution in [3.8, 4) is 0 Å². The summed E-state index contributed by atoms with van der Waals surface area (Å²) >= 11 is 1.42. The normalized spacial score (nSPS) is 31.8. The molecule has 0 radical (unpaired) electrons. The van der Waals surface area contributed by atoms with Crippen molar-refractivity contribution < 1.29 is 19.5 Å². The predicted molar refractivity (Wildman–Crippen MR) is 75.0 cm³/mol. The van der Waals surface area contributed by atoms with Crippen LogP contribution in [0.4, 0.5) is 4.79 Å². The number of aliphatic hydroxyl groups is 1. The molecule has 2 atom stereocenters. The number of thiazole rings is 1. The van der Waals surface area contributed by atoms with Gasteiger partial charge < -0.3 is 15.0 Å². The van der Waals surface area contributed by atoms with Crippen molar-refractivity contribution in [1.29, 1.82) is 0 Å². The summed E-state index contributed by atoms with van der Waals surface area (Å²) in [5, 5.41) is 25.1. The van der Waals surface area contributed by atoms with Crippen molar-refractivity contribution in [2.75, 3.05) is 13.1 Å². The van der Waals surface area contributed by atoms with E-state index in [1.807, 2.05) is 26.2 Å². The number of amides is 1. The largest absolute Gasteiger partial charge is 0.498 e. The van der Waals surface area contributed by atoms with Crippen LogP contribution < -0.4 is 5.11 Å². The molecular formula is C14H22N2O3S. The van der Waals surface area contributed by atoms with Gasteiger partial charge in [0.15, 0.2) is 0 Å². The van der Waals surface area contributed by atoms with Crippen molar-refractivity contribution in [3.63, 3.8) is 0 Å². The Morgan fingerprint density at radius 3 is 2.65 bits per heavy atom. The molecule has 112 valence electrons. The zero-order valence-electron chi connectivity index (χ0n) is 12.3. The van der Waals surface area contributed by atoms with E-state index in [2.05, 4.69) is 4.98 Å². The van der Waals surface area contributed by atoms with E-state index in [1.54, 1.807) is 6.20 Å². The fraction of sp³-hybridized carbons (Fsp3) is 0.714. The van der Waals surface area contributed by atoms with Crippen molar-refractivity contribution in [3.05, 3.63) is 16.6 Å². The molecule has 1 N–H and O–H groups in total. The molecule has 1 fully saturated rings. The minimum absolute atomic E-state index is 0.110. The molecule has 5 nitrogen and oxygen atoms in total. The lowest BCUT2D eigenvalue weighted by Crippen LogP contribution is -2.68. The van der Waals surface area contributed by atoms with Crippen molar-refractivity contribution in [1.82, 2.24) is 4.98 Å². The van der Waals surface area contributed by atoms with Crippen LogP contribution in [0.15, 0.2) is 11.6 Å². The third-order valence-corrected chi connectivity index (χ3v) is 5.47. The smallest absolute Gasteiger partial charge is 0.257 e. The Morgan fingerprint density at radius 2 is 2.15 bits per heavy atom. The van der Waals surface area contributed by atoms with Gasteiger partial charge in [-0.2, -0.15) is 0 Å². The standard InChI is InChI=1S/C14H22N2O3S/c1-13(2,3)16(12(17)18)8-4-5-14(19,6-9-16)11-15-7-10-20-11/h7,10,19H,4-6,8-9H2,1-3H3/t14-,16?/m1/s1. The van der Waals surface area contributed by atoms with Crippen LogP contribution in [0.25, 0.3) is 0 Å². The summed E-state index contributed by atoms with van der Waals surface area (Å²) < 4.78 is -0.110. The second-order valence-electron chi connectivity index (χ2n) is 6.57. The van der Waals surface area contributed by atoms with Crippen LogP contribution in [-0.2, 0) is 5.60 Å². The topological polar surface area (TPSA) is 73.2 Å². The molecule has 1 amide bonds. The SMILES string of the molecule is CC(C)(C)[N+]1(C(=O)[O-])CCC[C@](O)(c2nccs2)CC1. The Labute approximate surface area is 123 Å². The molecule has 2 heterocycles. The molecule has 0 spiro atoms. The molecule has 0 aliphatic carbocycles. The first-order valence-corrected chi connectivity index (χ1v) is 7.80. The van der Waals surface area contributed by atoms with E-state index in [1.165, 1.54) is 11.3 Å². The monoisotopic (exact) mass is 298 g/mol. The quantitative estimate of drug-likeness (QED) is 0.797. The first kappa shape index (κ1) is 15.4. The lowest BCUT2D eigenvalue weighted by atomic mass is 9.95. The minimum atomic E-state index is -1.05. The van der Waals surface area contributed by atoms with Gasteiger partial charge in [0.1, 0.15) is 10.6 Å². The number of hydrogen-bond acceptors (Lipinski definition) is 5. The number of nitrogens with zero attached hydrogens (tertiary/aromatic N) is 2. The zero-order valence-corrected chi connectivity index (χ0v) is 13.1. The number of rotatable bonds is 1. The number of likely N-dealkylation sites (tertiary alicyclic amines) is 1. The van der Waals surface area contributed by atoms with Gasteiger partial charge in [0.2, 0.25) is 0 Å². The Hall–Kier alpha value is -0.980. The Balaban J connectivity index is 2.30. The zero-order chi connectivity index (χ0) is 15.0. The Kier molecular flexibility index (Phi) is 3.92. The predicted octanol–water partition coefficient (Wildman–Crippen LogP) is 1.47. The summed E-state index contributed by atoms with van der Waals surface area (Å²) in [7, 11) is 0. The Morgan fingerprint density at radius 1 is 1.45 bits per heavy atom. The Bertz CT molecular complexity index is 483.